The van der Waals surface area contributed by atoms with Crippen molar-refractivity contribution >= 4 is 109 Å². The molecule has 7 nitrogen and oxygen atoms in total. The summed E-state index contributed by atoms with van der Waals surface area (Å²) < 4.78 is 12.5. The maximum absolute atomic E-state index is 13.0. The minimum atomic E-state index is -0.669. The number of nitrogens with one attached hydrogen (secondary N) is 2. The van der Waals surface area contributed by atoms with Crippen molar-refractivity contribution in [3.8, 4) is 11.5 Å². The summed E-state index contributed by atoms with van der Waals surface area (Å²) in [5, 5.41) is 4.83. The van der Waals surface area contributed by atoms with Gasteiger partial charge in [-0.15, -0.1) is 0 Å². The Morgan fingerprint density at radius 3 is 2.58 bits per heavy atom. The molecule has 1 aliphatic heterocycles. The van der Waals surface area contributed by atoms with E-state index in [0.29, 0.717) is 37.7 Å². The van der Waals surface area contributed by atoms with Gasteiger partial charge in [-0.25, -0.2) is 10.2 Å². The maximum atomic E-state index is 13.0. The molecule has 0 atom stereocenters. The van der Waals surface area contributed by atoms with Crippen molar-refractivity contribution in [2.45, 2.75) is 6.61 Å². The van der Waals surface area contributed by atoms with E-state index >= 15 is 0 Å². The molecule has 0 bridgehead atoms. The molecule has 38 heavy (non-hydrogen) atoms. The zero-order valence-electron chi connectivity index (χ0n) is 19.4. The fourth-order valence-corrected chi connectivity index (χ4v) is 5.73. The third-order valence-corrected chi connectivity index (χ3v) is 8.28. The SMILES string of the molecule is COc1cc(/C=C2/SC(=S)N(NC(=O)Nc3ccc(Cl)c(Cl)c3)C2=O)cc(I)c1OCc1ccccc1Cl. The molecular weight excluding hydrogens is 704 g/mol. The van der Waals surface area contributed by atoms with Crippen LogP contribution in [0.25, 0.3) is 6.08 Å². The largest absolute Gasteiger partial charge is 0.493 e. The second-order valence-electron chi connectivity index (χ2n) is 7.63. The molecule has 0 spiro atoms. The fraction of sp³-hybridized carbons (Fsp3) is 0.0800. The number of anilines is 1. The van der Waals surface area contributed by atoms with Gasteiger partial charge < -0.3 is 14.8 Å². The van der Waals surface area contributed by atoms with Crippen molar-refractivity contribution in [1.29, 1.82) is 0 Å². The predicted molar refractivity (Wildman–Crippen MR) is 165 cm³/mol. The van der Waals surface area contributed by atoms with Crippen LogP contribution in [-0.2, 0) is 11.4 Å². The Morgan fingerprint density at radius 1 is 1.11 bits per heavy atom. The number of amides is 3. The Morgan fingerprint density at radius 2 is 1.87 bits per heavy atom. The van der Waals surface area contributed by atoms with E-state index in [0.717, 1.165) is 25.9 Å². The van der Waals surface area contributed by atoms with Gasteiger partial charge in [0.2, 0.25) is 0 Å². The van der Waals surface area contributed by atoms with Crippen LogP contribution in [0.1, 0.15) is 11.1 Å². The van der Waals surface area contributed by atoms with Crippen LogP contribution in [0.2, 0.25) is 15.1 Å². The van der Waals surface area contributed by atoms with E-state index in [4.69, 9.17) is 56.5 Å². The summed E-state index contributed by atoms with van der Waals surface area (Å²) in [6.45, 7) is 0.264. The molecule has 1 heterocycles. The molecule has 1 fully saturated rings. The van der Waals surface area contributed by atoms with E-state index < -0.39 is 11.9 Å². The number of thioether (sulfide) groups is 1. The van der Waals surface area contributed by atoms with Gasteiger partial charge >= 0.3 is 6.03 Å². The molecule has 0 unspecified atom stereocenters. The fourth-order valence-electron chi connectivity index (χ4n) is 3.28. The number of carbonyl (C=O) groups excluding carboxylic acids is 2. The Labute approximate surface area is 256 Å². The minimum absolute atomic E-state index is 0.173. The van der Waals surface area contributed by atoms with Gasteiger partial charge in [0.25, 0.3) is 5.91 Å². The smallest absolute Gasteiger partial charge is 0.338 e. The van der Waals surface area contributed by atoms with Crippen LogP contribution in [0.3, 0.4) is 0 Å². The van der Waals surface area contributed by atoms with Gasteiger partial charge in [0.05, 0.1) is 25.6 Å². The van der Waals surface area contributed by atoms with Crippen molar-refractivity contribution < 1.29 is 19.1 Å². The van der Waals surface area contributed by atoms with Crippen LogP contribution in [-0.4, -0.2) is 28.4 Å². The lowest BCUT2D eigenvalue weighted by atomic mass is 10.2. The summed E-state index contributed by atoms with van der Waals surface area (Å²) >= 11 is 26.6. The molecule has 0 aliphatic carbocycles. The summed E-state index contributed by atoms with van der Waals surface area (Å²) in [4.78, 5) is 25.8. The van der Waals surface area contributed by atoms with Gasteiger partial charge in [-0.1, -0.05) is 64.8 Å². The predicted octanol–water partition coefficient (Wildman–Crippen LogP) is 7.78. The lowest BCUT2D eigenvalue weighted by Crippen LogP contribution is -2.46. The summed E-state index contributed by atoms with van der Waals surface area (Å²) in [5.41, 5.74) is 4.39. The number of ether oxygens (including phenoxy) is 2. The molecule has 3 aromatic carbocycles. The normalized spacial score (nSPS) is 14.1. The van der Waals surface area contributed by atoms with Crippen LogP contribution in [0.15, 0.2) is 59.5 Å². The number of halogens is 4. The summed E-state index contributed by atoms with van der Waals surface area (Å²) in [6.07, 6.45) is 1.67. The number of hydrogen-bond acceptors (Lipinski definition) is 6. The van der Waals surface area contributed by atoms with Crippen molar-refractivity contribution in [2.75, 3.05) is 12.4 Å². The molecule has 196 valence electrons. The third-order valence-electron chi connectivity index (χ3n) is 5.06. The quantitative estimate of drug-likeness (QED) is 0.148. The number of urea groups is 1. The zero-order chi connectivity index (χ0) is 27.4. The van der Waals surface area contributed by atoms with Gasteiger partial charge in [0.15, 0.2) is 15.8 Å². The van der Waals surface area contributed by atoms with Gasteiger partial charge in [-0.3, -0.25) is 4.79 Å². The molecule has 1 aliphatic rings. The Kier molecular flexibility index (Phi) is 9.66. The summed E-state index contributed by atoms with van der Waals surface area (Å²) in [6, 6.07) is 15.0. The highest BCUT2D eigenvalue weighted by Gasteiger charge is 2.33. The average molecular weight is 721 g/mol. The highest BCUT2D eigenvalue weighted by molar-refractivity contribution is 14.1. The zero-order valence-corrected chi connectivity index (χ0v) is 25.4. The lowest BCUT2D eigenvalue weighted by Gasteiger charge is -2.16. The molecule has 4 rings (SSSR count). The average Bonchev–Trinajstić information content (AvgIpc) is 3.13. The van der Waals surface area contributed by atoms with Gasteiger partial charge in [0.1, 0.15) is 6.61 Å². The third kappa shape index (κ3) is 6.85. The topological polar surface area (TPSA) is 79.9 Å². The second kappa shape index (κ2) is 12.8. The second-order valence-corrected chi connectivity index (χ2v) is 11.7. The lowest BCUT2D eigenvalue weighted by molar-refractivity contribution is -0.123. The number of carbonyl (C=O) groups is 2. The van der Waals surface area contributed by atoms with Gasteiger partial charge in [-0.2, -0.15) is 5.01 Å². The van der Waals surface area contributed by atoms with Crippen molar-refractivity contribution in [3.63, 3.8) is 0 Å². The maximum Gasteiger partial charge on any atom is 0.338 e. The molecule has 0 saturated carbocycles. The van der Waals surface area contributed by atoms with Crippen LogP contribution >= 0.6 is 81.4 Å². The first kappa shape index (κ1) is 28.8. The first-order valence-electron chi connectivity index (χ1n) is 10.7. The molecule has 2 N–H and O–H groups in total. The van der Waals surface area contributed by atoms with E-state index in [2.05, 4.69) is 33.3 Å². The molecule has 3 aromatic rings. The van der Waals surface area contributed by atoms with E-state index in [1.54, 1.807) is 30.3 Å². The standard InChI is InChI=1S/C25H17Cl3IN3O4S2/c1-35-20-9-13(8-19(29)22(20)36-12-14-4-2-3-5-16(14)26)10-21-23(33)32(25(37)38-21)31-24(34)30-15-6-7-17(27)18(28)11-15/h2-11H,12H2,1H3,(H2,30,31,34)/b21-10+. The van der Waals surface area contributed by atoms with Gasteiger partial charge in [-0.05, 0) is 82.8 Å². The van der Waals surface area contributed by atoms with Crippen LogP contribution in [0.4, 0.5) is 10.5 Å². The first-order valence-corrected chi connectivity index (χ1v) is 14.1. The number of methoxy groups -OCH3 is 1. The molecule has 0 radical (unpaired) electrons. The van der Waals surface area contributed by atoms with E-state index in [1.165, 1.54) is 13.2 Å². The number of benzene rings is 3. The molecular formula is C25H17Cl3IN3O4S2. The van der Waals surface area contributed by atoms with Crippen molar-refractivity contribution in [3.05, 3.63) is 89.3 Å². The monoisotopic (exact) mass is 719 g/mol. The molecule has 13 heteroatoms. The Hall–Kier alpha value is -2.22. The number of rotatable bonds is 7. The Balaban J connectivity index is 1.47. The molecule has 1 saturated heterocycles. The molecule has 0 aromatic heterocycles. The Bertz CT molecular complexity index is 1470. The number of thiocarbonyl (C=S) groups is 1. The summed E-state index contributed by atoms with van der Waals surface area (Å²) in [7, 11) is 1.54. The van der Waals surface area contributed by atoms with Crippen molar-refractivity contribution in [2.24, 2.45) is 0 Å². The van der Waals surface area contributed by atoms with E-state index in [9.17, 15) is 9.59 Å². The summed E-state index contributed by atoms with van der Waals surface area (Å²) in [5.74, 6) is 0.570. The van der Waals surface area contributed by atoms with Crippen LogP contribution < -0.4 is 20.2 Å². The minimum Gasteiger partial charge on any atom is -0.493 e. The number of nitrogens with zero attached hydrogens (tertiary/aromatic N) is 1. The highest BCUT2D eigenvalue weighted by atomic mass is 127. The number of hydrazine groups is 1. The highest BCUT2D eigenvalue weighted by Crippen LogP contribution is 2.37. The van der Waals surface area contributed by atoms with Crippen LogP contribution in [0.5, 0.6) is 11.5 Å². The van der Waals surface area contributed by atoms with E-state index in [-0.39, 0.29) is 16.0 Å². The number of hydrogen-bond donors (Lipinski definition) is 2. The van der Waals surface area contributed by atoms with Crippen LogP contribution in [0, 0.1) is 3.57 Å². The van der Waals surface area contributed by atoms with E-state index in [1.807, 2.05) is 24.3 Å². The van der Waals surface area contributed by atoms with Crippen molar-refractivity contribution in [1.82, 2.24) is 10.4 Å². The first-order chi connectivity index (χ1) is 18.2. The van der Waals surface area contributed by atoms with Gasteiger partial charge in [0, 0.05) is 16.3 Å². The molecule has 3 amide bonds.